The van der Waals surface area contributed by atoms with Gasteiger partial charge in [-0.1, -0.05) is 0 Å². The fraction of sp³-hybridized carbons (Fsp3) is 0.400. The maximum atomic E-state index is 5.98. The Labute approximate surface area is 114 Å². The van der Waals surface area contributed by atoms with Gasteiger partial charge in [-0.05, 0) is 46.1 Å². The van der Waals surface area contributed by atoms with Gasteiger partial charge in [-0.25, -0.2) is 0 Å². The minimum Gasteiger partial charge on any atom is -0.491 e. The van der Waals surface area contributed by atoms with Crippen molar-refractivity contribution in [2.45, 2.75) is 19.4 Å². The third-order valence-electron chi connectivity index (χ3n) is 3.60. The molecule has 19 heavy (non-hydrogen) atoms. The molecule has 0 fully saturated rings. The van der Waals surface area contributed by atoms with Crippen LogP contribution in [0.5, 0.6) is 5.75 Å². The van der Waals surface area contributed by atoms with Gasteiger partial charge in [0.25, 0.3) is 0 Å². The summed E-state index contributed by atoms with van der Waals surface area (Å²) in [7, 11) is 4.10. The Kier molecular flexibility index (Phi) is 3.62. The predicted octanol–water partition coefficient (Wildman–Crippen LogP) is 2.54. The van der Waals surface area contributed by atoms with Gasteiger partial charge in [0.05, 0.1) is 0 Å². The molecule has 0 radical (unpaired) electrons. The van der Waals surface area contributed by atoms with E-state index in [1.54, 1.807) is 12.4 Å². The minimum atomic E-state index is -0.0270. The zero-order chi connectivity index (χ0) is 14.0. The summed E-state index contributed by atoms with van der Waals surface area (Å²) in [5.41, 5.74) is 6.65. The highest BCUT2D eigenvalue weighted by atomic mass is 16.5. The molecule has 0 amide bonds. The van der Waals surface area contributed by atoms with Crippen molar-refractivity contribution in [2.75, 3.05) is 26.4 Å². The summed E-state index contributed by atoms with van der Waals surface area (Å²) >= 11 is 0. The molecule has 2 aromatic rings. The molecule has 1 aromatic heterocycles. The smallest absolute Gasteiger partial charge is 0.127 e. The SMILES string of the molecule is CN(C)C(C)(C)COc1ccc(N)c2cnccc12. The van der Waals surface area contributed by atoms with Crippen LogP contribution < -0.4 is 10.5 Å². The van der Waals surface area contributed by atoms with Crippen LogP contribution in [0.1, 0.15) is 13.8 Å². The number of ether oxygens (including phenoxy) is 1. The highest BCUT2D eigenvalue weighted by Crippen LogP contribution is 2.30. The van der Waals surface area contributed by atoms with Gasteiger partial charge in [0.15, 0.2) is 0 Å². The van der Waals surface area contributed by atoms with E-state index in [4.69, 9.17) is 10.5 Å². The normalized spacial score (nSPS) is 12.1. The van der Waals surface area contributed by atoms with Gasteiger partial charge >= 0.3 is 0 Å². The lowest BCUT2D eigenvalue weighted by molar-refractivity contribution is 0.115. The number of nitrogen functional groups attached to an aromatic ring is 1. The maximum absolute atomic E-state index is 5.98. The van der Waals surface area contributed by atoms with Gasteiger partial charge in [0.2, 0.25) is 0 Å². The first kappa shape index (κ1) is 13.6. The van der Waals surface area contributed by atoms with Crippen LogP contribution in [0.4, 0.5) is 5.69 Å². The average Bonchev–Trinajstić information content (AvgIpc) is 2.38. The van der Waals surface area contributed by atoms with Gasteiger partial charge in [-0.2, -0.15) is 0 Å². The number of hydrogen-bond acceptors (Lipinski definition) is 4. The van der Waals surface area contributed by atoms with Crippen molar-refractivity contribution in [3.63, 3.8) is 0 Å². The van der Waals surface area contributed by atoms with Gasteiger partial charge in [-0.15, -0.1) is 0 Å². The summed E-state index contributed by atoms with van der Waals surface area (Å²) in [6, 6.07) is 5.72. The third-order valence-corrected chi connectivity index (χ3v) is 3.60. The molecular weight excluding hydrogens is 238 g/mol. The lowest BCUT2D eigenvalue weighted by atomic mass is 10.1. The second kappa shape index (κ2) is 5.05. The Morgan fingerprint density at radius 3 is 2.63 bits per heavy atom. The molecule has 0 bridgehead atoms. The van der Waals surface area contributed by atoms with Crippen molar-refractivity contribution in [1.82, 2.24) is 9.88 Å². The van der Waals surface area contributed by atoms with Crippen LogP contribution in [0.3, 0.4) is 0 Å². The zero-order valence-electron chi connectivity index (χ0n) is 12.0. The molecular formula is C15H21N3O. The number of rotatable bonds is 4. The van der Waals surface area contributed by atoms with Gasteiger partial charge in [0.1, 0.15) is 12.4 Å². The number of hydrogen-bond donors (Lipinski definition) is 1. The summed E-state index contributed by atoms with van der Waals surface area (Å²) in [6.45, 7) is 4.91. The van der Waals surface area contributed by atoms with E-state index in [-0.39, 0.29) is 5.54 Å². The number of nitrogens with zero attached hydrogens (tertiary/aromatic N) is 2. The van der Waals surface area contributed by atoms with Crippen LogP contribution in [-0.4, -0.2) is 36.1 Å². The zero-order valence-corrected chi connectivity index (χ0v) is 12.0. The number of likely N-dealkylation sites (N-methyl/N-ethyl adjacent to an activating group) is 1. The van der Waals surface area contributed by atoms with E-state index >= 15 is 0 Å². The Morgan fingerprint density at radius 1 is 1.21 bits per heavy atom. The third kappa shape index (κ3) is 2.79. The van der Waals surface area contributed by atoms with Crippen LogP contribution >= 0.6 is 0 Å². The highest BCUT2D eigenvalue weighted by molar-refractivity contribution is 5.96. The molecule has 0 atom stereocenters. The topological polar surface area (TPSA) is 51.4 Å². The maximum Gasteiger partial charge on any atom is 0.127 e. The molecule has 0 unspecified atom stereocenters. The summed E-state index contributed by atoms with van der Waals surface area (Å²) in [6.07, 6.45) is 3.53. The molecule has 0 saturated carbocycles. The highest BCUT2D eigenvalue weighted by Gasteiger charge is 2.21. The van der Waals surface area contributed by atoms with Gasteiger partial charge in [-0.3, -0.25) is 4.98 Å². The number of pyridine rings is 1. The molecule has 102 valence electrons. The summed E-state index contributed by atoms with van der Waals surface area (Å²) < 4.78 is 5.98. The van der Waals surface area contributed by atoms with Gasteiger partial charge < -0.3 is 15.4 Å². The molecule has 0 aliphatic rings. The quantitative estimate of drug-likeness (QED) is 0.857. The minimum absolute atomic E-state index is 0.0270. The van der Waals surface area contributed by atoms with Gasteiger partial charge in [0, 0.05) is 34.4 Å². The first-order valence-electron chi connectivity index (χ1n) is 6.34. The first-order valence-corrected chi connectivity index (χ1v) is 6.34. The van der Waals surface area contributed by atoms with Crippen LogP contribution in [0, 0.1) is 0 Å². The lowest BCUT2D eigenvalue weighted by Crippen LogP contribution is -2.43. The second-order valence-electron chi connectivity index (χ2n) is 5.57. The van der Waals surface area contributed by atoms with E-state index < -0.39 is 0 Å². The molecule has 0 saturated heterocycles. The van der Waals surface area contributed by atoms with E-state index in [0.717, 1.165) is 22.2 Å². The molecule has 4 nitrogen and oxygen atoms in total. The fourth-order valence-corrected chi connectivity index (χ4v) is 1.69. The molecule has 0 aliphatic heterocycles. The number of fused-ring (bicyclic) bond motifs is 1. The van der Waals surface area contributed by atoms with Crippen molar-refractivity contribution >= 4 is 16.5 Å². The second-order valence-corrected chi connectivity index (χ2v) is 5.57. The average molecular weight is 259 g/mol. The van der Waals surface area contributed by atoms with Crippen molar-refractivity contribution < 1.29 is 4.74 Å². The standard InChI is InChI=1S/C15H21N3O/c1-15(2,18(3)4)10-19-14-6-5-13(16)12-9-17-8-7-11(12)14/h5-9H,10,16H2,1-4H3. The fourth-order valence-electron chi connectivity index (χ4n) is 1.69. The van der Waals surface area contributed by atoms with Crippen LogP contribution in [0.15, 0.2) is 30.6 Å². The number of nitrogens with two attached hydrogens (primary N) is 1. The summed E-state index contributed by atoms with van der Waals surface area (Å²) in [5, 5.41) is 1.94. The van der Waals surface area contributed by atoms with Crippen LogP contribution in [0.25, 0.3) is 10.8 Å². The van der Waals surface area contributed by atoms with Crippen LogP contribution in [0.2, 0.25) is 0 Å². The van der Waals surface area contributed by atoms with Crippen molar-refractivity contribution in [2.24, 2.45) is 0 Å². The monoisotopic (exact) mass is 259 g/mol. The molecule has 0 spiro atoms. The lowest BCUT2D eigenvalue weighted by Gasteiger charge is -2.32. The molecule has 0 aliphatic carbocycles. The molecule has 1 aromatic carbocycles. The van der Waals surface area contributed by atoms with Crippen LogP contribution in [-0.2, 0) is 0 Å². The summed E-state index contributed by atoms with van der Waals surface area (Å²) in [4.78, 5) is 6.26. The van der Waals surface area contributed by atoms with E-state index in [9.17, 15) is 0 Å². The Bertz CT molecular complexity index is 579. The Morgan fingerprint density at radius 2 is 1.95 bits per heavy atom. The van der Waals surface area contributed by atoms with Crippen molar-refractivity contribution in [3.05, 3.63) is 30.6 Å². The first-order chi connectivity index (χ1) is 8.92. The van der Waals surface area contributed by atoms with Crippen molar-refractivity contribution in [1.29, 1.82) is 0 Å². The largest absolute Gasteiger partial charge is 0.491 e. The van der Waals surface area contributed by atoms with Crippen molar-refractivity contribution in [3.8, 4) is 5.75 Å². The molecule has 2 rings (SSSR count). The molecule has 4 heteroatoms. The number of benzene rings is 1. The summed E-state index contributed by atoms with van der Waals surface area (Å²) in [5.74, 6) is 0.849. The number of aromatic nitrogens is 1. The number of anilines is 1. The molecule has 2 N–H and O–H groups in total. The van der Waals surface area contributed by atoms with E-state index in [2.05, 4.69) is 23.7 Å². The predicted molar refractivity (Wildman–Crippen MR) is 79.4 cm³/mol. The van der Waals surface area contributed by atoms with E-state index in [1.165, 1.54) is 0 Å². The Balaban J connectivity index is 2.29. The van der Waals surface area contributed by atoms with E-state index in [1.807, 2.05) is 32.3 Å². The van der Waals surface area contributed by atoms with E-state index in [0.29, 0.717) is 6.61 Å². The molecule has 1 heterocycles. The Hall–Kier alpha value is -1.81.